The van der Waals surface area contributed by atoms with Gasteiger partial charge in [0.05, 0.1) is 0 Å². The summed E-state index contributed by atoms with van der Waals surface area (Å²) in [5.74, 6) is 0.190. The number of halogens is 1. The van der Waals surface area contributed by atoms with Crippen molar-refractivity contribution < 1.29 is 4.39 Å². The Balaban J connectivity index is 1.55. The minimum atomic E-state index is -0.232. The normalized spacial score (nSPS) is 14.6. The van der Waals surface area contributed by atoms with Crippen LogP contribution in [-0.2, 0) is 18.7 Å². The van der Waals surface area contributed by atoms with E-state index in [0.29, 0.717) is 37.3 Å². The number of thiazole rings is 1. The number of nitrogens with zero attached hydrogens (tertiary/aromatic N) is 3. The largest absolute Gasteiger partial charge is 0.307 e. The van der Waals surface area contributed by atoms with Gasteiger partial charge in [0.2, 0.25) is 0 Å². The highest BCUT2D eigenvalue weighted by Gasteiger charge is 2.24. The van der Waals surface area contributed by atoms with E-state index in [9.17, 15) is 9.18 Å². The van der Waals surface area contributed by atoms with Gasteiger partial charge in [-0.2, -0.15) is 0 Å². The van der Waals surface area contributed by atoms with Gasteiger partial charge in [0.1, 0.15) is 10.5 Å². The fraction of sp³-hybridized carbons (Fsp3) is 0.346. The van der Waals surface area contributed by atoms with Crippen LogP contribution in [0.15, 0.2) is 64.5 Å². The maximum absolute atomic E-state index is 14.3. The summed E-state index contributed by atoms with van der Waals surface area (Å²) in [6.07, 6.45) is 6.18. The molecule has 0 atom stereocenters. The molecule has 0 radical (unpaired) electrons. The van der Waals surface area contributed by atoms with E-state index < -0.39 is 0 Å². The minimum absolute atomic E-state index is 0.0116. The van der Waals surface area contributed by atoms with Gasteiger partial charge in [0.25, 0.3) is 5.56 Å². The van der Waals surface area contributed by atoms with E-state index >= 15 is 0 Å². The molecule has 0 unspecified atom stereocenters. The average molecular weight is 512 g/mol. The first kappa shape index (κ1) is 23.5. The summed E-state index contributed by atoms with van der Waals surface area (Å²) in [4.78, 5) is 18.8. The Hall–Kier alpha value is -2.29. The Kier molecular flexibility index (Phi) is 7.27. The van der Waals surface area contributed by atoms with Gasteiger partial charge >= 0.3 is 0 Å². The summed E-state index contributed by atoms with van der Waals surface area (Å²) in [5.41, 5.74) is 2.47. The first-order valence-corrected chi connectivity index (χ1v) is 13.9. The summed E-state index contributed by atoms with van der Waals surface area (Å²) < 4.78 is 19.4. The Morgan fingerprint density at radius 1 is 1.06 bits per heavy atom. The van der Waals surface area contributed by atoms with Crippen LogP contribution in [0.5, 0.6) is 0 Å². The van der Waals surface area contributed by atoms with Crippen LogP contribution in [0, 0.1) is 9.77 Å². The second-order valence-corrected chi connectivity index (χ2v) is 11.2. The Morgan fingerprint density at radius 2 is 1.79 bits per heavy atom. The molecule has 0 saturated heterocycles. The van der Waals surface area contributed by atoms with E-state index in [1.807, 2.05) is 33.4 Å². The molecule has 2 aromatic heterocycles. The van der Waals surface area contributed by atoms with Crippen LogP contribution in [0.3, 0.4) is 0 Å². The average Bonchev–Trinajstić information content (AvgIpc) is 3.18. The Bertz CT molecular complexity index is 1400. The molecule has 4 nitrogen and oxygen atoms in total. The van der Waals surface area contributed by atoms with Gasteiger partial charge in [-0.1, -0.05) is 90.9 Å². The van der Waals surface area contributed by atoms with E-state index in [0.717, 1.165) is 32.1 Å². The van der Waals surface area contributed by atoms with Gasteiger partial charge in [-0.15, -0.1) is 0 Å². The zero-order valence-corrected chi connectivity index (χ0v) is 21.2. The molecule has 34 heavy (non-hydrogen) atoms. The topological polar surface area (TPSA) is 39.8 Å². The molecule has 0 aliphatic heterocycles. The number of benzene rings is 2. The lowest BCUT2D eigenvalue weighted by atomic mass is 9.95. The summed E-state index contributed by atoms with van der Waals surface area (Å²) in [5, 5.41) is 0.661. The highest BCUT2D eigenvalue weighted by atomic mass is 32.2. The molecule has 0 spiro atoms. The molecule has 1 aliphatic carbocycles. The molecule has 0 N–H and O–H groups in total. The van der Waals surface area contributed by atoms with Crippen LogP contribution >= 0.6 is 35.3 Å². The van der Waals surface area contributed by atoms with Crippen molar-refractivity contribution in [2.24, 2.45) is 0 Å². The molecule has 1 fully saturated rings. The van der Waals surface area contributed by atoms with Gasteiger partial charge in [-0.05, 0) is 48.7 Å². The second-order valence-electron chi connectivity index (χ2n) is 8.65. The minimum Gasteiger partial charge on any atom is -0.307 e. The fourth-order valence-corrected chi connectivity index (χ4v) is 6.96. The van der Waals surface area contributed by atoms with Crippen molar-refractivity contribution in [2.45, 2.75) is 62.0 Å². The van der Waals surface area contributed by atoms with Crippen LogP contribution in [0.1, 0.15) is 49.3 Å². The van der Waals surface area contributed by atoms with Crippen LogP contribution in [0.25, 0.3) is 10.3 Å². The summed E-state index contributed by atoms with van der Waals surface area (Å²) in [7, 11) is 0. The Labute approximate surface area is 211 Å². The molecule has 5 rings (SSSR count). The standard InChI is InChI=1S/C26H26FN3OS3/c27-21-14-8-7-11-19(21)17-33-25-28-23-22(24(31)30(25)20-12-5-2-6-13-20)34-26(32)29(23)16-15-18-9-3-1-4-10-18/h1,3-4,7-11,14,20H,2,5-6,12-13,15-17H2. The van der Waals surface area contributed by atoms with Crippen molar-refractivity contribution in [3.05, 3.63) is 85.8 Å². The van der Waals surface area contributed by atoms with Crippen molar-refractivity contribution in [1.82, 2.24) is 14.1 Å². The lowest BCUT2D eigenvalue weighted by molar-refractivity contribution is 0.326. The van der Waals surface area contributed by atoms with E-state index in [1.54, 1.807) is 12.1 Å². The van der Waals surface area contributed by atoms with E-state index in [2.05, 4.69) is 12.1 Å². The van der Waals surface area contributed by atoms with Gasteiger partial charge in [0.15, 0.2) is 14.8 Å². The quantitative estimate of drug-likeness (QED) is 0.150. The van der Waals surface area contributed by atoms with E-state index in [4.69, 9.17) is 17.2 Å². The monoisotopic (exact) mass is 511 g/mol. The maximum Gasteiger partial charge on any atom is 0.274 e. The van der Waals surface area contributed by atoms with Gasteiger partial charge in [-0.3, -0.25) is 9.36 Å². The number of fused-ring (bicyclic) bond motifs is 1. The van der Waals surface area contributed by atoms with Crippen molar-refractivity contribution >= 4 is 45.7 Å². The molecular weight excluding hydrogens is 486 g/mol. The highest BCUT2D eigenvalue weighted by molar-refractivity contribution is 7.98. The third kappa shape index (κ3) is 4.90. The molecule has 0 bridgehead atoms. The third-order valence-electron chi connectivity index (χ3n) is 6.41. The molecule has 4 aromatic rings. The summed E-state index contributed by atoms with van der Waals surface area (Å²) >= 11 is 8.46. The first-order chi connectivity index (χ1) is 16.6. The molecule has 176 valence electrons. The number of rotatable bonds is 7. The van der Waals surface area contributed by atoms with Crippen molar-refractivity contribution in [3.8, 4) is 0 Å². The molecule has 1 saturated carbocycles. The highest BCUT2D eigenvalue weighted by Crippen LogP contribution is 2.33. The predicted octanol–water partition coefficient (Wildman–Crippen LogP) is 7.17. The van der Waals surface area contributed by atoms with Gasteiger partial charge < -0.3 is 4.57 Å². The number of hydrogen-bond donors (Lipinski definition) is 0. The van der Waals surface area contributed by atoms with Gasteiger partial charge in [0, 0.05) is 18.3 Å². The number of hydrogen-bond acceptors (Lipinski definition) is 5. The summed E-state index contributed by atoms with van der Waals surface area (Å²) in [6.45, 7) is 0.667. The number of aromatic nitrogens is 3. The lowest BCUT2D eigenvalue weighted by Crippen LogP contribution is -2.28. The van der Waals surface area contributed by atoms with Crippen LogP contribution < -0.4 is 5.56 Å². The smallest absolute Gasteiger partial charge is 0.274 e. The van der Waals surface area contributed by atoms with Crippen molar-refractivity contribution in [3.63, 3.8) is 0 Å². The Morgan fingerprint density at radius 3 is 2.56 bits per heavy atom. The molecule has 0 amide bonds. The first-order valence-electron chi connectivity index (χ1n) is 11.7. The molecule has 8 heteroatoms. The molecule has 2 aromatic carbocycles. The summed E-state index contributed by atoms with van der Waals surface area (Å²) in [6, 6.07) is 17.2. The van der Waals surface area contributed by atoms with E-state index in [-0.39, 0.29) is 17.4 Å². The number of aryl methyl sites for hydroxylation is 2. The van der Waals surface area contributed by atoms with Crippen LogP contribution in [-0.4, -0.2) is 14.1 Å². The van der Waals surface area contributed by atoms with E-state index in [1.165, 1.54) is 41.1 Å². The van der Waals surface area contributed by atoms with Gasteiger partial charge in [-0.25, -0.2) is 9.37 Å². The molecule has 2 heterocycles. The van der Waals surface area contributed by atoms with Crippen LogP contribution in [0.4, 0.5) is 4.39 Å². The third-order valence-corrected chi connectivity index (χ3v) is 8.84. The lowest BCUT2D eigenvalue weighted by Gasteiger charge is -2.26. The van der Waals surface area contributed by atoms with Crippen LogP contribution in [0.2, 0.25) is 0 Å². The van der Waals surface area contributed by atoms with Crippen molar-refractivity contribution in [1.29, 1.82) is 0 Å². The maximum atomic E-state index is 14.3. The second kappa shape index (κ2) is 10.5. The molecule has 1 aliphatic rings. The number of thioether (sulfide) groups is 1. The fourth-order valence-electron chi connectivity index (χ4n) is 4.59. The predicted molar refractivity (Wildman–Crippen MR) is 141 cm³/mol. The molecular formula is C26H26FN3OS3. The zero-order chi connectivity index (χ0) is 23.5. The zero-order valence-electron chi connectivity index (χ0n) is 18.8. The van der Waals surface area contributed by atoms with Crippen molar-refractivity contribution in [2.75, 3.05) is 0 Å². The SMILES string of the molecule is O=c1c2sc(=S)n(CCc3ccccc3)c2nc(SCc2ccccc2F)n1C1CCCCC1.